The zero-order valence-corrected chi connectivity index (χ0v) is 18.7. The molecule has 0 aliphatic carbocycles. The van der Waals surface area contributed by atoms with Crippen LogP contribution < -0.4 is 15.0 Å². The number of carbonyl (C=O) groups excluding carboxylic acids is 3. The first-order valence-electron chi connectivity index (χ1n) is 11.0. The van der Waals surface area contributed by atoms with Crippen LogP contribution in [-0.4, -0.2) is 35.9 Å². The van der Waals surface area contributed by atoms with Crippen molar-refractivity contribution in [1.82, 2.24) is 10.2 Å². The lowest BCUT2D eigenvalue weighted by Gasteiger charge is -2.37. The molecule has 0 bridgehead atoms. The van der Waals surface area contributed by atoms with E-state index in [-0.39, 0.29) is 12.2 Å². The van der Waals surface area contributed by atoms with E-state index < -0.39 is 47.6 Å². The second-order valence-electron chi connectivity index (χ2n) is 8.54. The first kappa shape index (κ1) is 22.5. The Kier molecular flexibility index (Phi) is 5.47. The number of fused-ring (bicyclic) bond motifs is 1. The molecular weight excluding hydrogens is 456 g/mol. The minimum Gasteiger partial charge on any atom is -0.489 e. The van der Waals surface area contributed by atoms with Crippen molar-refractivity contribution in [2.45, 2.75) is 18.5 Å². The number of ether oxygens (including phenoxy) is 1. The molecule has 4 amide bonds. The van der Waals surface area contributed by atoms with Crippen molar-refractivity contribution >= 4 is 23.5 Å². The average molecular weight is 477 g/mol. The summed E-state index contributed by atoms with van der Waals surface area (Å²) in [7, 11) is 0. The molecule has 1 saturated heterocycles. The number of urea groups is 1. The topological polar surface area (TPSA) is 79.0 Å². The molecule has 0 radical (unpaired) electrons. The summed E-state index contributed by atoms with van der Waals surface area (Å²) in [6.45, 7) is 1.04. The number of nitrogens with one attached hydrogen (secondary N) is 1. The van der Waals surface area contributed by atoms with Gasteiger partial charge in [0.1, 0.15) is 24.4 Å². The minimum atomic E-state index is -1.65. The number of imide groups is 1. The maximum Gasteiger partial charge on any atom is 0.325 e. The highest BCUT2D eigenvalue weighted by Gasteiger charge is 2.50. The van der Waals surface area contributed by atoms with Gasteiger partial charge in [-0.3, -0.25) is 19.4 Å². The first-order chi connectivity index (χ1) is 16.8. The molecule has 1 N–H and O–H groups in total. The molecule has 2 atom stereocenters. The molecule has 35 heavy (non-hydrogen) atoms. The fourth-order valence-corrected chi connectivity index (χ4v) is 4.47. The van der Waals surface area contributed by atoms with E-state index in [2.05, 4.69) is 5.32 Å². The van der Waals surface area contributed by atoms with Gasteiger partial charge in [-0.2, -0.15) is 0 Å². The highest BCUT2D eigenvalue weighted by molar-refractivity contribution is 6.11. The van der Waals surface area contributed by atoms with Gasteiger partial charge >= 0.3 is 6.03 Å². The summed E-state index contributed by atoms with van der Waals surface area (Å²) in [5.74, 6) is -2.93. The molecule has 9 heteroatoms. The Morgan fingerprint density at radius 2 is 1.74 bits per heavy atom. The van der Waals surface area contributed by atoms with E-state index in [1.165, 1.54) is 17.9 Å². The zero-order valence-electron chi connectivity index (χ0n) is 18.7. The van der Waals surface area contributed by atoms with Gasteiger partial charge in [0.05, 0.1) is 11.7 Å². The molecule has 7 nitrogen and oxygen atoms in total. The Bertz CT molecular complexity index is 1330. The van der Waals surface area contributed by atoms with E-state index in [1.54, 1.807) is 24.3 Å². The van der Waals surface area contributed by atoms with Crippen molar-refractivity contribution in [3.8, 4) is 5.75 Å². The normalized spacial score (nSPS) is 21.4. The lowest BCUT2D eigenvalue weighted by atomic mass is 9.92. The summed E-state index contributed by atoms with van der Waals surface area (Å²) < 4.78 is 33.1. The van der Waals surface area contributed by atoms with Gasteiger partial charge in [-0.15, -0.1) is 0 Å². The maximum absolute atomic E-state index is 13.8. The summed E-state index contributed by atoms with van der Waals surface area (Å²) in [6.07, 6.45) is 0. The molecule has 0 spiro atoms. The van der Waals surface area contributed by atoms with E-state index >= 15 is 0 Å². The Hall–Kier alpha value is -4.27. The molecular formula is C26H21F2N3O4. The molecule has 2 aliphatic rings. The van der Waals surface area contributed by atoms with Gasteiger partial charge in [0.25, 0.3) is 5.91 Å². The van der Waals surface area contributed by atoms with E-state index in [0.29, 0.717) is 11.4 Å². The molecule has 1 fully saturated rings. The number of nitrogens with zero attached hydrogens (tertiary/aromatic N) is 2. The summed E-state index contributed by atoms with van der Waals surface area (Å²) >= 11 is 0. The molecule has 0 saturated carbocycles. The summed E-state index contributed by atoms with van der Waals surface area (Å²) in [4.78, 5) is 42.0. The lowest BCUT2D eigenvalue weighted by Crippen LogP contribution is -2.48. The van der Waals surface area contributed by atoms with Crippen LogP contribution in [0.1, 0.15) is 24.1 Å². The molecule has 2 heterocycles. The molecule has 2 aliphatic heterocycles. The van der Waals surface area contributed by atoms with Crippen molar-refractivity contribution in [2.75, 3.05) is 18.1 Å². The predicted octanol–water partition coefficient (Wildman–Crippen LogP) is 3.90. The van der Waals surface area contributed by atoms with Gasteiger partial charge in [-0.05, 0) is 42.3 Å². The summed E-state index contributed by atoms with van der Waals surface area (Å²) in [6, 6.07) is 18.0. The first-order valence-corrected chi connectivity index (χ1v) is 11.0. The van der Waals surface area contributed by atoms with E-state index in [1.807, 2.05) is 30.3 Å². The highest BCUT2D eigenvalue weighted by atomic mass is 19.2. The van der Waals surface area contributed by atoms with Crippen molar-refractivity contribution in [2.24, 2.45) is 0 Å². The van der Waals surface area contributed by atoms with Crippen molar-refractivity contribution in [3.63, 3.8) is 0 Å². The van der Waals surface area contributed by atoms with Crippen LogP contribution in [0.25, 0.3) is 0 Å². The molecule has 5 rings (SSSR count). The van der Waals surface area contributed by atoms with E-state index in [0.717, 1.165) is 22.6 Å². The molecule has 3 aromatic rings. The van der Waals surface area contributed by atoms with Crippen LogP contribution in [0.3, 0.4) is 0 Å². The largest absolute Gasteiger partial charge is 0.489 e. The third-order valence-corrected chi connectivity index (χ3v) is 6.35. The maximum atomic E-state index is 13.8. The Morgan fingerprint density at radius 3 is 2.49 bits per heavy atom. The molecule has 0 aromatic heterocycles. The standard InChI is InChI=1S/C26H21F2N3O4/c1-26(17-11-12-18(27)19(28)13-17)24(33)30(25(34)29-26)14-23(32)31-20-9-5-6-10-22(20)35-15-21(31)16-7-3-2-4-8-16/h2-13,21H,14-15H2,1H3,(H,29,34)/t21-,26+/m0/s1. The highest BCUT2D eigenvalue weighted by Crippen LogP contribution is 2.39. The second-order valence-corrected chi connectivity index (χ2v) is 8.54. The molecule has 178 valence electrons. The lowest BCUT2D eigenvalue weighted by molar-refractivity contribution is -0.134. The van der Waals surface area contributed by atoms with Gasteiger partial charge in [0.2, 0.25) is 5.91 Å². The quantitative estimate of drug-likeness (QED) is 0.579. The smallest absolute Gasteiger partial charge is 0.325 e. The summed E-state index contributed by atoms with van der Waals surface area (Å²) in [5, 5.41) is 2.52. The zero-order chi connectivity index (χ0) is 24.7. The number of para-hydroxylation sites is 2. The predicted molar refractivity (Wildman–Crippen MR) is 123 cm³/mol. The van der Waals surface area contributed by atoms with Crippen molar-refractivity contribution in [3.05, 3.63) is 95.6 Å². The number of hydrogen-bond acceptors (Lipinski definition) is 4. The Morgan fingerprint density at radius 1 is 1.03 bits per heavy atom. The third-order valence-electron chi connectivity index (χ3n) is 6.35. The van der Waals surface area contributed by atoms with Crippen molar-refractivity contribution < 1.29 is 27.9 Å². The fourth-order valence-electron chi connectivity index (χ4n) is 4.47. The van der Waals surface area contributed by atoms with Gasteiger partial charge in [-0.1, -0.05) is 48.5 Å². The van der Waals surface area contributed by atoms with Gasteiger partial charge in [0.15, 0.2) is 11.6 Å². The van der Waals surface area contributed by atoms with E-state index in [4.69, 9.17) is 4.74 Å². The summed E-state index contributed by atoms with van der Waals surface area (Å²) in [5.41, 5.74) is -0.219. The number of carbonyl (C=O) groups is 3. The number of amides is 4. The SMILES string of the molecule is C[C@]1(c2ccc(F)c(F)c2)NC(=O)N(CC(=O)N2c3ccccc3OC[C@H]2c2ccccc2)C1=O. The molecule has 0 unspecified atom stereocenters. The van der Waals surface area contributed by atoms with Gasteiger partial charge in [-0.25, -0.2) is 13.6 Å². The van der Waals surface area contributed by atoms with Crippen LogP contribution in [0.15, 0.2) is 72.8 Å². The second kappa shape index (κ2) is 8.50. The van der Waals surface area contributed by atoms with Crippen LogP contribution in [0.2, 0.25) is 0 Å². The molecule has 3 aromatic carbocycles. The number of benzene rings is 3. The monoisotopic (exact) mass is 477 g/mol. The fraction of sp³-hybridized carbons (Fsp3) is 0.192. The van der Waals surface area contributed by atoms with Crippen LogP contribution >= 0.6 is 0 Å². The number of halogens is 2. The number of hydrogen-bond donors (Lipinski definition) is 1. The van der Waals surface area contributed by atoms with Crippen molar-refractivity contribution in [1.29, 1.82) is 0 Å². The number of anilines is 1. The Balaban J connectivity index is 1.46. The van der Waals surface area contributed by atoms with Gasteiger partial charge in [0, 0.05) is 0 Å². The van der Waals surface area contributed by atoms with Crippen LogP contribution in [0, 0.1) is 11.6 Å². The van der Waals surface area contributed by atoms with Gasteiger partial charge < -0.3 is 10.1 Å². The minimum absolute atomic E-state index is 0.0728. The van der Waals surface area contributed by atoms with E-state index in [9.17, 15) is 23.2 Å². The van der Waals surface area contributed by atoms with Crippen LogP contribution in [0.4, 0.5) is 19.3 Å². The third kappa shape index (κ3) is 3.78. The van der Waals surface area contributed by atoms with Crippen LogP contribution in [-0.2, 0) is 15.1 Å². The Labute approximate surface area is 199 Å². The van der Waals surface area contributed by atoms with Crippen LogP contribution in [0.5, 0.6) is 5.75 Å². The average Bonchev–Trinajstić information content (AvgIpc) is 3.09. The number of rotatable bonds is 4.